The molecule has 0 fully saturated rings. The molecule has 36 heavy (non-hydrogen) atoms. The molecule has 1 heterocycles. The van der Waals surface area contributed by atoms with E-state index in [0.29, 0.717) is 17.3 Å². The van der Waals surface area contributed by atoms with Gasteiger partial charge in [-0.1, -0.05) is 51.1 Å². The van der Waals surface area contributed by atoms with E-state index in [1.165, 1.54) is 0 Å². The molecule has 1 N–H and O–H groups in total. The number of benzene rings is 3. The highest BCUT2D eigenvalue weighted by atomic mass is 32.2. The molecule has 4 aromatic rings. The Labute approximate surface area is 213 Å². The van der Waals surface area contributed by atoms with E-state index in [9.17, 15) is 8.42 Å². The minimum absolute atomic E-state index is 0.110. The summed E-state index contributed by atoms with van der Waals surface area (Å²) in [5, 5.41) is 3.24. The average Bonchev–Trinajstić information content (AvgIpc) is 2.82. The summed E-state index contributed by atoms with van der Waals surface area (Å²) in [6.07, 6.45) is 2.37. The van der Waals surface area contributed by atoms with Gasteiger partial charge in [0.25, 0.3) is 0 Å². The molecule has 0 bridgehead atoms. The molecule has 0 aliphatic carbocycles. The third-order valence-electron chi connectivity index (χ3n) is 5.44. The maximum Gasteiger partial charge on any atom is 0.227 e. The van der Waals surface area contributed by atoms with Gasteiger partial charge >= 0.3 is 0 Å². The second-order valence-electron chi connectivity index (χ2n) is 10.0. The molecule has 1 aromatic heterocycles. The first kappa shape index (κ1) is 25.4. The van der Waals surface area contributed by atoms with Gasteiger partial charge < -0.3 is 10.1 Å². The summed E-state index contributed by atoms with van der Waals surface area (Å²) in [6, 6.07) is 24.3. The van der Waals surface area contributed by atoms with Gasteiger partial charge in [0.15, 0.2) is 9.84 Å². The van der Waals surface area contributed by atoms with Crippen molar-refractivity contribution in [1.29, 1.82) is 0 Å². The van der Waals surface area contributed by atoms with Gasteiger partial charge in [-0.05, 0) is 72.0 Å². The molecule has 3 aromatic carbocycles. The quantitative estimate of drug-likeness (QED) is 0.288. The van der Waals surface area contributed by atoms with Crippen LogP contribution in [0.25, 0.3) is 0 Å². The van der Waals surface area contributed by atoms with Crippen LogP contribution in [0.4, 0.5) is 11.6 Å². The molecule has 0 aliphatic heterocycles. The predicted molar refractivity (Wildman–Crippen MR) is 144 cm³/mol. The van der Waals surface area contributed by atoms with E-state index in [1.807, 2.05) is 94.4 Å². The lowest BCUT2D eigenvalue weighted by Crippen LogP contribution is -2.20. The van der Waals surface area contributed by atoms with Crippen molar-refractivity contribution in [2.45, 2.75) is 39.0 Å². The summed E-state index contributed by atoms with van der Waals surface area (Å²) in [4.78, 5) is 9.46. The molecular weight excluding hydrogens is 470 g/mol. The second-order valence-corrected chi connectivity index (χ2v) is 12.0. The van der Waals surface area contributed by atoms with Crippen LogP contribution in [-0.2, 0) is 16.3 Å². The van der Waals surface area contributed by atoms with Crippen LogP contribution in [0.1, 0.15) is 37.6 Å². The van der Waals surface area contributed by atoms with E-state index < -0.39 is 9.84 Å². The standard InChI is InChI=1S/C29H31N3O3S/c1-21-19-30-28(31-23-12-14-25(15-13-23)35-24-8-6-5-7-9-24)32-27(21)18-22-10-16-26(17-11-22)36(33,34)20-29(2,3)4/h5-17,19H,18,20H2,1-4H3,(H,30,31,32). The Balaban J connectivity index is 1.43. The summed E-state index contributed by atoms with van der Waals surface area (Å²) in [5.74, 6) is 2.13. The van der Waals surface area contributed by atoms with Crippen molar-refractivity contribution in [2.75, 3.05) is 11.1 Å². The topological polar surface area (TPSA) is 81.2 Å². The van der Waals surface area contributed by atoms with Crippen molar-refractivity contribution in [3.8, 4) is 11.5 Å². The van der Waals surface area contributed by atoms with Crippen LogP contribution in [0, 0.1) is 12.3 Å². The van der Waals surface area contributed by atoms with E-state index >= 15 is 0 Å². The van der Waals surface area contributed by atoms with E-state index in [0.717, 1.165) is 34.0 Å². The van der Waals surface area contributed by atoms with Gasteiger partial charge in [0.2, 0.25) is 5.95 Å². The first-order valence-corrected chi connectivity index (χ1v) is 13.5. The third-order valence-corrected chi connectivity index (χ3v) is 7.68. The number of hydrogen-bond acceptors (Lipinski definition) is 6. The fourth-order valence-electron chi connectivity index (χ4n) is 3.74. The van der Waals surface area contributed by atoms with Gasteiger partial charge in [0.1, 0.15) is 11.5 Å². The van der Waals surface area contributed by atoms with Crippen LogP contribution >= 0.6 is 0 Å². The van der Waals surface area contributed by atoms with Crippen LogP contribution in [0.2, 0.25) is 0 Å². The van der Waals surface area contributed by atoms with Gasteiger partial charge in [-0.2, -0.15) is 0 Å². The fourth-order valence-corrected chi connectivity index (χ4v) is 5.60. The van der Waals surface area contributed by atoms with Gasteiger partial charge in [-0.25, -0.2) is 18.4 Å². The number of hydrogen-bond donors (Lipinski definition) is 1. The number of ether oxygens (including phenoxy) is 1. The van der Waals surface area contributed by atoms with Crippen LogP contribution < -0.4 is 10.1 Å². The number of sulfone groups is 1. The van der Waals surface area contributed by atoms with E-state index in [1.54, 1.807) is 18.3 Å². The van der Waals surface area contributed by atoms with Gasteiger partial charge in [-0.3, -0.25) is 0 Å². The van der Waals surface area contributed by atoms with Crippen molar-refractivity contribution < 1.29 is 13.2 Å². The van der Waals surface area contributed by atoms with E-state index in [2.05, 4.69) is 10.3 Å². The van der Waals surface area contributed by atoms with Gasteiger partial charge in [0.05, 0.1) is 16.3 Å². The lowest BCUT2D eigenvalue weighted by Gasteiger charge is -2.18. The van der Waals surface area contributed by atoms with Crippen LogP contribution in [0.15, 0.2) is 90.0 Å². The monoisotopic (exact) mass is 501 g/mol. The highest BCUT2D eigenvalue weighted by molar-refractivity contribution is 7.91. The smallest absolute Gasteiger partial charge is 0.227 e. The molecule has 0 unspecified atom stereocenters. The Morgan fingerprint density at radius 1 is 0.861 bits per heavy atom. The molecule has 186 valence electrons. The second kappa shape index (κ2) is 10.5. The zero-order valence-corrected chi connectivity index (χ0v) is 21.8. The van der Waals surface area contributed by atoms with Crippen LogP contribution in [0.5, 0.6) is 11.5 Å². The number of aryl methyl sites for hydroxylation is 1. The number of aromatic nitrogens is 2. The minimum atomic E-state index is -3.32. The SMILES string of the molecule is Cc1cnc(Nc2ccc(Oc3ccccc3)cc2)nc1Cc1ccc(S(=O)(=O)CC(C)(C)C)cc1. The third kappa shape index (κ3) is 6.92. The number of anilines is 2. The number of nitrogens with zero attached hydrogens (tertiary/aromatic N) is 2. The summed E-state index contributed by atoms with van der Waals surface area (Å²) in [7, 11) is -3.32. The van der Waals surface area contributed by atoms with Crippen molar-refractivity contribution in [3.05, 3.63) is 102 Å². The molecule has 0 radical (unpaired) electrons. The molecule has 7 heteroatoms. The fraction of sp³-hybridized carbons (Fsp3) is 0.241. The van der Waals surface area contributed by atoms with E-state index in [-0.39, 0.29) is 11.2 Å². The van der Waals surface area contributed by atoms with Crippen LogP contribution in [0.3, 0.4) is 0 Å². The predicted octanol–water partition coefficient (Wildman–Crippen LogP) is 6.73. The number of nitrogens with one attached hydrogen (secondary N) is 1. The Morgan fingerprint density at radius 3 is 2.14 bits per heavy atom. The summed E-state index contributed by atoms with van der Waals surface area (Å²) >= 11 is 0. The molecule has 0 spiro atoms. The maximum atomic E-state index is 12.7. The largest absolute Gasteiger partial charge is 0.457 e. The first-order valence-electron chi connectivity index (χ1n) is 11.8. The molecule has 4 rings (SSSR count). The normalized spacial score (nSPS) is 11.8. The first-order chi connectivity index (χ1) is 17.1. The molecular formula is C29H31N3O3S. The Hall–Kier alpha value is -3.71. The Bertz CT molecular complexity index is 1410. The van der Waals surface area contributed by atoms with Crippen LogP contribution in [-0.4, -0.2) is 24.1 Å². The maximum absolute atomic E-state index is 12.7. The van der Waals surface area contributed by atoms with E-state index in [4.69, 9.17) is 9.72 Å². The van der Waals surface area contributed by atoms with Crippen molar-refractivity contribution in [2.24, 2.45) is 5.41 Å². The number of para-hydroxylation sites is 1. The number of rotatable bonds is 8. The highest BCUT2D eigenvalue weighted by Gasteiger charge is 2.23. The molecule has 0 saturated heterocycles. The van der Waals surface area contributed by atoms with Crippen molar-refractivity contribution >= 4 is 21.5 Å². The lowest BCUT2D eigenvalue weighted by molar-refractivity contribution is 0.461. The lowest BCUT2D eigenvalue weighted by atomic mass is 10.0. The molecule has 0 aliphatic rings. The Kier molecular flexibility index (Phi) is 7.40. The highest BCUT2D eigenvalue weighted by Crippen LogP contribution is 2.25. The molecule has 0 saturated carbocycles. The molecule has 0 atom stereocenters. The van der Waals surface area contributed by atoms with Crippen molar-refractivity contribution in [3.63, 3.8) is 0 Å². The molecule has 6 nitrogen and oxygen atoms in total. The van der Waals surface area contributed by atoms with Gasteiger partial charge in [0, 0.05) is 18.3 Å². The zero-order valence-electron chi connectivity index (χ0n) is 21.0. The molecule has 0 amide bonds. The summed E-state index contributed by atoms with van der Waals surface area (Å²) in [6.45, 7) is 7.75. The summed E-state index contributed by atoms with van der Waals surface area (Å²) < 4.78 is 31.2. The van der Waals surface area contributed by atoms with Crippen molar-refractivity contribution in [1.82, 2.24) is 9.97 Å². The summed E-state index contributed by atoms with van der Waals surface area (Å²) in [5.41, 5.74) is 3.38. The average molecular weight is 502 g/mol. The minimum Gasteiger partial charge on any atom is -0.457 e. The zero-order chi connectivity index (χ0) is 25.8. The van der Waals surface area contributed by atoms with Gasteiger partial charge in [-0.15, -0.1) is 0 Å². The Morgan fingerprint density at radius 2 is 1.50 bits per heavy atom.